The van der Waals surface area contributed by atoms with E-state index < -0.39 is 22.3 Å². The highest BCUT2D eigenvalue weighted by atomic mass is 35.5. The summed E-state index contributed by atoms with van der Waals surface area (Å²) < 4.78 is 35.0. The van der Waals surface area contributed by atoms with Crippen LogP contribution in [0.15, 0.2) is 36.7 Å². The number of anilines is 1. The quantitative estimate of drug-likeness (QED) is 0.468. The molecule has 1 aliphatic rings. The zero-order valence-electron chi connectivity index (χ0n) is 19.2. The highest BCUT2D eigenvalue weighted by Gasteiger charge is 2.30. The smallest absolute Gasteiger partial charge is 0.237 e. The molecule has 1 aliphatic heterocycles. The van der Waals surface area contributed by atoms with Gasteiger partial charge in [0, 0.05) is 31.7 Å². The van der Waals surface area contributed by atoms with E-state index >= 15 is 0 Å². The van der Waals surface area contributed by atoms with Crippen LogP contribution in [0.3, 0.4) is 0 Å². The van der Waals surface area contributed by atoms with Gasteiger partial charge >= 0.3 is 0 Å². The summed E-state index contributed by atoms with van der Waals surface area (Å²) in [4.78, 5) is 8.44. The third-order valence-electron chi connectivity index (χ3n) is 5.63. The minimum absolute atomic E-state index is 0.00224. The van der Waals surface area contributed by atoms with E-state index in [2.05, 4.69) is 24.9 Å². The van der Waals surface area contributed by atoms with Gasteiger partial charge in [0.25, 0.3) is 0 Å². The molecule has 1 saturated heterocycles. The fraction of sp³-hybridized carbons (Fsp3) is 0.455. The highest BCUT2D eigenvalue weighted by molar-refractivity contribution is 7.87. The Bertz CT molecular complexity index is 1120. The summed E-state index contributed by atoms with van der Waals surface area (Å²) in [6.45, 7) is 3.03. The van der Waals surface area contributed by atoms with Crippen LogP contribution in [0.25, 0.3) is 11.4 Å². The number of halogens is 1. The molecule has 3 heterocycles. The molecular formula is C22H27ClN6O4S. The lowest BCUT2D eigenvalue weighted by atomic mass is 10.1. The second-order valence-corrected chi connectivity index (χ2v) is 9.82. The first-order chi connectivity index (χ1) is 16.5. The van der Waals surface area contributed by atoms with Gasteiger partial charge in [-0.15, -0.1) is 10.2 Å². The number of aromatic nitrogens is 5. The van der Waals surface area contributed by atoms with E-state index in [9.17, 15) is 4.21 Å². The molecule has 0 radical (unpaired) electrons. The molecule has 1 aromatic carbocycles. The van der Waals surface area contributed by atoms with E-state index in [4.69, 9.17) is 25.8 Å². The zero-order chi connectivity index (χ0) is 24.1. The van der Waals surface area contributed by atoms with Crippen LogP contribution in [-0.4, -0.2) is 61.6 Å². The van der Waals surface area contributed by atoms with Gasteiger partial charge in [-0.25, -0.2) is 14.2 Å². The lowest BCUT2D eigenvalue weighted by Gasteiger charge is -2.27. The molecule has 182 valence electrons. The van der Waals surface area contributed by atoms with E-state index in [-0.39, 0.29) is 6.04 Å². The third kappa shape index (κ3) is 5.38. The second kappa shape index (κ2) is 11.2. The largest absolute Gasteiger partial charge is 0.497 e. The maximum atomic E-state index is 13.3. The predicted octanol–water partition coefficient (Wildman–Crippen LogP) is 3.60. The molecule has 1 N–H and O–H groups in total. The van der Waals surface area contributed by atoms with Crippen molar-refractivity contribution in [1.29, 1.82) is 0 Å². The molecule has 0 saturated carbocycles. The van der Waals surface area contributed by atoms with Crippen molar-refractivity contribution in [3.05, 3.63) is 47.5 Å². The van der Waals surface area contributed by atoms with E-state index in [1.165, 1.54) is 19.5 Å². The molecule has 34 heavy (non-hydrogen) atoms. The van der Waals surface area contributed by atoms with Gasteiger partial charge in [0.05, 0.1) is 30.0 Å². The Morgan fingerprint density at radius 1 is 1.26 bits per heavy atom. The summed E-state index contributed by atoms with van der Waals surface area (Å²) >= 11 is 5.90. The summed E-state index contributed by atoms with van der Waals surface area (Å²) in [5.74, 6) is 2.15. The number of rotatable bonds is 9. The Labute approximate surface area is 205 Å². The van der Waals surface area contributed by atoms with Gasteiger partial charge in [-0.3, -0.25) is 9.29 Å². The van der Waals surface area contributed by atoms with E-state index in [0.717, 1.165) is 25.0 Å². The van der Waals surface area contributed by atoms with Gasteiger partial charge in [-0.1, -0.05) is 23.7 Å². The molecule has 4 rings (SSSR count). The maximum absolute atomic E-state index is 13.3. The van der Waals surface area contributed by atoms with Crippen LogP contribution in [0.5, 0.6) is 5.75 Å². The van der Waals surface area contributed by atoms with E-state index in [0.29, 0.717) is 35.0 Å². The average Bonchev–Trinajstić information content (AvgIpc) is 3.29. The molecule has 3 aromatic rings. The van der Waals surface area contributed by atoms with Gasteiger partial charge in [0.15, 0.2) is 11.6 Å². The molecule has 0 bridgehead atoms. The first-order valence-electron chi connectivity index (χ1n) is 10.9. The normalized spacial score (nSPS) is 18.8. The summed E-state index contributed by atoms with van der Waals surface area (Å²) in [6, 6.07) is 7.60. The van der Waals surface area contributed by atoms with Crippen molar-refractivity contribution < 1.29 is 18.4 Å². The minimum atomic E-state index is -1.59. The monoisotopic (exact) mass is 506 g/mol. The lowest BCUT2D eigenvalue weighted by molar-refractivity contribution is 0.0603. The van der Waals surface area contributed by atoms with Crippen molar-refractivity contribution in [2.75, 3.05) is 32.2 Å². The van der Waals surface area contributed by atoms with Crippen LogP contribution < -0.4 is 9.46 Å². The molecule has 0 amide bonds. The summed E-state index contributed by atoms with van der Waals surface area (Å²) in [6.07, 6.45) is 4.17. The molecule has 2 aromatic heterocycles. The fourth-order valence-electron chi connectivity index (χ4n) is 3.86. The zero-order valence-corrected chi connectivity index (χ0v) is 20.8. The maximum Gasteiger partial charge on any atom is 0.237 e. The van der Waals surface area contributed by atoms with E-state index in [1.807, 2.05) is 28.8 Å². The van der Waals surface area contributed by atoms with Crippen molar-refractivity contribution in [2.45, 2.75) is 37.2 Å². The van der Waals surface area contributed by atoms with E-state index in [1.54, 1.807) is 14.0 Å². The molecule has 0 aliphatic carbocycles. The van der Waals surface area contributed by atoms with Crippen molar-refractivity contribution in [3.8, 4) is 17.1 Å². The molecule has 1 fully saturated rings. The number of hydrogen-bond acceptors (Lipinski definition) is 8. The molecule has 0 spiro atoms. The standard InChI is InChI=1S/C22H27ClN6O4S/c1-14(19(32-3)20-24-11-16(23)12-25-20)34(30)28-22-27-26-21(15-6-4-8-18(10-15)31-2)29(22)17-7-5-9-33-13-17/h4,6,8,10-12,14,17,19H,5,7,9,13H2,1-3H3,(H,27,28)/t14?,17-,19?,34?/m0/s1. The van der Waals surface area contributed by atoms with Crippen LogP contribution >= 0.6 is 11.6 Å². The Hall–Kier alpha value is -2.60. The van der Waals surface area contributed by atoms with Crippen molar-refractivity contribution in [1.82, 2.24) is 24.7 Å². The molecule has 4 atom stereocenters. The number of ether oxygens (including phenoxy) is 3. The number of nitrogens with one attached hydrogen (secondary N) is 1. The summed E-state index contributed by atoms with van der Waals surface area (Å²) in [7, 11) is 1.55. The number of methoxy groups -OCH3 is 2. The third-order valence-corrected chi connectivity index (χ3v) is 7.13. The number of hydrogen-bond donors (Lipinski definition) is 1. The average molecular weight is 507 g/mol. The number of nitrogens with zero attached hydrogens (tertiary/aromatic N) is 5. The van der Waals surface area contributed by atoms with Crippen molar-refractivity contribution in [2.24, 2.45) is 0 Å². The molecule has 10 nitrogen and oxygen atoms in total. The molecular weight excluding hydrogens is 480 g/mol. The lowest BCUT2D eigenvalue weighted by Crippen LogP contribution is -2.30. The van der Waals surface area contributed by atoms with Crippen LogP contribution in [0, 0.1) is 0 Å². The topological polar surface area (TPSA) is 113 Å². The Balaban J connectivity index is 1.63. The SMILES string of the molecule is COc1cccc(-c2nnc(NS(=O)C(C)C(OC)c3ncc(Cl)cn3)n2[C@H]2CCCOC2)c1. The minimum Gasteiger partial charge on any atom is -0.497 e. The van der Waals surface area contributed by atoms with Gasteiger partial charge in [0.2, 0.25) is 5.95 Å². The summed E-state index contributed by atoms with van der Waals surface area (Å²) in [5.41, 5.74) is 0.841. The van der Waals surface area contributed by atoms with Crippen LogP contribution in [0.1, 0.15) is 37.7 Å². The Morgan fingerprint density at radius 2 is 2.06 bits per heavy atom. The van der Waals surface area contributed by atoms with Gasteiger partial charge in [-0.05, 0) is 31.9 Å². The first-order valence-corrected chi connectivity index (χ1v) is 12.5. The molecule has 12 heteroatoms. The summed E-state index contributed by atoms with van der Waals surface area (Å²) in [5, 5.41) is 8.67. The predicted molar refractivity (Wildman–Crippen MR) is 129 cm³/mol. The van der Waals surface area contributed by atoms with Gasteiger partial charge in [-0.2, -0.15) is 0 Å². The van der Waals surface area contributed by atoms with Gasteiger partial charge in [0.1, 0.15) is 22.8 Å². The molecule has 3 unspecified atom stereocenters. The van der Waals surface area contributed by atoms with Crippen LogP contribution in [0.4, 0.5) is 5.95 Å². The first kappa shape index (κ1) is 24.5. The Kier molecular flexibility index (Phi) is 8.09. The number of benzene rings is 1. The van der Waals surface area contributed by atoms with Crippen LogP contribution in [0.2, 0.25) is 5.02 Å². The van der Waals surface area contributed by atoms with Crippen LogP contribution in [-0.2, 0) is 20.5 Å². The van der Waals surface area contributed by atoms with Crippen molar-refractivity contribution in [3.63, 3.8) is 0 Å². The fourth-order valence-corrected chi connectivity index (χ4v) is 4.92. The Morgan fingerprint density at radius 3 is 2.74 bits per heavy atom. The van der Waals surface area contributed by atoms with Crippen molar-refractivity contribution >= 4 is 28.5 Å². The highest BCUT2D eigenvalue weighted by Crippen LogP contribution is 2.32. The second-order valence-electron chi connectivity index (χ2n) is 7.84. The van der Waals surface area contributed by atoms with Gasteiger partial charge < -0.3 is 14.2 Å².